The fourth-order valence-electron chi connectivity index (χ4n) is 1.26. The molecule has 0 atom stereocenters. The van der Waals surface area contributed by atoms with Gasteiger partial charge in [-0.1, -0.05) is 18.2 Å². The van der Waals surface area contributed by atoms with Crippen molar-refractivity contribution in [3.05, 3.63) is 29.8 Å². The summed E-state index contributed by atoms with van der Waals surface area (Å²) in [6.45, 7) is 0. The first-order valence-electron chi connectivity index (χ1n) is 4.28. The average molecular weight is 230 g/mol. The van der Waals surface area contributed by atoms with Gasteiger partial charge >= 0.3 is 6.29 Å². The zero-order chi connectivity index (χ0) is 10.9. The molecule has 15 heavy (non-hydrogen) atoms. The third-order valence-electron chi connectivity index (χ3n) is 1.84. The number of hydrogen-bond acceptors (Lipinski definition) is 3. The van der Waals surface area contributed by atoms with Gasteiger partial charge in [-0.3, -0.25) is 0 Å². The van der Waals surface area contributed by atoms with Gasteiger partial charge in [-0.15, -0.1) is 8.78 Å². The minimum Gasteiger partial charge on any atom is -0.395 e. The minimum absolute atomic E-state index is 0.0568. The molecule has 1 aromatic carbocycles. The lowest BCUT2D eigenvalue weighted by molar-refractivity contribution is -0.286. The largest absolute Gasteiger partial charge is 0.586 e. The van der Waals surface area contributed by atoms with Crippen LogP contribution in [0.15, 0.2) is 24.3 Å². The van der Waals surface area contributed by atoms with Gasteiger partial charge in [0.25, 0.3) is 0 Å². The summed E-state index contributed by atoms with van der Waals surface area (Å²) in [5.41, 5.74) is 0.768. The summed E-state index contributed by atoms with van der Waals surface area (Å²) < 4.78 is 33.9. The lowest BCUT2D eigenvalue weighted by atomic mass is 10.2. The summed E-state index contributed by atoms with van der Waals surface area (Å²) in [5.74, 6) is 0.703. The highest BCUT2D eigenvalue weighted by Crippen LogP contribution is 2.41. The summed E-state index contributed by atoms with van der Waals surface area (Å²) in [7, 11) is 0. The van der Waals surface area contributed by atoms with Crippen molar-refractivity contribution < 1.29 is 18.3 Å². The molecule has 1 aliphatic rings. The minimum atomic E-state index is -3.55. The van der Waals surface area contributed by atoms with Crippen LogP contribution in [0.3, 0.4) is 0 Å². The van der Waals surface area contributed by atoms with Gasteiger partial charge < -0.3 is 9.47 Å². The van der Waals surface area contributed by atoms with Crippen molar-refractivity contribution in [3.63, 3.8) is 0 Å². The molecule has 0 unspecified atom stereocenters. The van der Waals surface area contributed by atoms with Crippen molar-refractivity contribution in [3.8, 4) is 11.5 Å². The van der Waals surface area contributed by atoms with Gasteiger partial charge in [0.15, 0.2) is 11.5 Å². The number of fused-ring (bicyclic) bond motifs is 1. The molecular weight excluding hydrogens is 222 g/mol. The summed E-state index contributed by atoms with van der Waals surface area (Å²) in [6, 6.07) is 4.62. The molecule has 0 radical (unpaired) electrons. The molecule has 2 nitrogen and oxygen atoms in total. The topological polar surface area (TPSA) is 18.5 Å². The van der Waals surface area contributed by atoms with E-state index in [1.54, 1.807) is 18.2 Å². The molecule has 1 heterocycles. The molecule has 1 aliphatic heterocycles. The maximum absolute atomic E-state index is 12.6. The fourth-order valence-corrected chi connectivity index (χ4v) is 1.36. The van der Waals surface area contributed by atoms with Gasteiger partial charge in [0.2, 0.25) is 0 Å². The second kappa shape index (κ2) is 3.73. The van der Waals surface area contributed by atoms with Gasteiger partial charge in [0.05, 0.1) is 0 Å². The lowest BCUT2D eigenvalue weighted by Crippen LogP contribution is -2.25. The Morgan fingerprint density at radius 1 is 1.27 bits per heavy atom. The predicted molar refractivity (Wildman–Crippen MR) is 55.5 cm³/mol. The first-order valence-corrected chi connectivity index (χ1v) is 4.91. The first kappa shape index (κ1) is 10.3. The summed E-state index contributed by atoms with van der Waals surface area (Å²) in [4.78, 5) is 0. The molecule has 2 rings (SSSR count). The Bertz CT molecular complexity index is 404. The molecule has 0 spiro atoms. The number of thiol groups is 1. The van der Waals surface area contributed by atoms with E-state index in [9.17, 15) is 8.78 Å². The maximum Gasteiger partial charge on any atom is 0.586 e. The molecule has 0 saturated heterocycles. The number of alkyl halides is 2. The van der Waals surface area contributed by atoms with Crippen LogP contribution in [0.4, 0.5) is 8.78 Å². The Balaban J connectivity index is 2.26. The quantitative estimate of drug-likeness (QED) is 0.787. The Hall–Kier alpha value is -1.23. The number of rotatable bonds is 2. The van der Waals surface area contributed by atoms with Gasteiger partial charge in [-0.05, 0) is 17.7 Å². The van der Waals surface area contributed by atoms with Crippen LogP contribution in [0.1, 0.15) is 5.56 Å². The molecule has 1 aromatic rings. The highest BCUT2D eigenvalue weighted by molar-refractivity contribution is 7.80. The number of hydrogen-bond donors (Lipinski definition) is 1. The standard InChI is InChI=1S/C10H8F2O2S/c11-10(12)13-8-4-3-7(2-1-5-15)6-9(8)14-10/h1-4,6,15H,5H2. The van der Waals surface area contributed by atoms with Crippen LogP contribution >= 0.6 is 12.6 Å². The summed E-state index contributed by atoms with van der Waals surface area (Å²) >= 11 is 4.00. The smallest absolute Gasteiger partial charge is 0.395 e. The van der Waals surface area contributed by atoms with Crippen LogP contribution in [0, 0.1) is 0 Å². The van der Waals surface area contributed by atoms with Crippen LogP contribution in [0.5, 0.6) is 11.5 Å². The van der Waals surface area contributed by atoms with E-state index in [0.717, 1.165) is 5.56 Å². The Morgan fingerprint density at radius 3 is 2.73 bits per heavy atom. The SMILES string of the molecule is FC1(F)Oc2ccc(C=CCS)cc2O1. The van der Waals surface area contributed by atoms with Crippen molar-refractivity contribution in [2.24, 2.45) is 0 Å². The van der Waals surface area contributed by atoms with Crippen molar-refractivity contribution in [1.82, 2.24) is 0 Å². The monoisotopic (exact) mass is 230 g/mol. The molecule has 80 valence electrons. The second-order valence-corrected chi connectivity index (χ2v) is 3.32. The second-order valence-electron chi connectivity index (χ2n) is 2.96. The maximum atomic E-state index is 12.6. The van der Waals surface area contributed by atoms with E-state index in [1.165, 1.54) is 12.1 Å². The average Bonchev–Trinajstić information content (AvgIpc) is 2.47. The highest BCUT2D eigenvalue weighted by Gasteiger charge is 2.43. The number of benzene rings is 1. The van der Waals surface area contributed by atoms with E-state index >= 15 is 0 Å². The van der Waals surface area contributed by atoms with Crippen molar-refractivity contribution in [2.45, 2.75) is 6.29 Å². The Labute approximate surface area is 90.9 Å². The van der Waals surface area contributed by atoms with Crippen LogP contribution in [-0.2, 0) is 0 Å². The summed E-state index contributed by atoms with van der Waals surface area (Å²) in [6.07, 6.45) is 0.0279. The number of halogens is 2. The fraction of sp³-hybridized carbons (Fsp3) is 0.200. The van der Waals surface area contributed by atoms with Gasteiger partial charge in [-0.2, -0.15) is 12.6 Å². The van der Waals surface area contributed by atoms with Gasteiger partial charge in [-0.25, -0.2) is 0 Å². The Kier molecular flexibility index (Phi) is 2.56. The third-order valence-corrected chi connectivity index (χ3v) is 2.05. The van der Waals surface area contributed by atoms with Gasteiger partial charge in [0, 0.05) is 5.75 Å². The predicted octanol–water partition coefficient (Wildman–Crippen LogP) is 2.95. The van der Waals surface area contributed by atoms with Crippen LogP contribution < -0.4 is 9.47 Å². The van der Waals surface area contributed by atoms with E-state index in [-0.39, 0.29) is 11.5 Å². The lowest BCUT2D eigenvalue weighted by Gasteiger charge is -2.04. The molecule has 0 amide bonds. The normalized spacial score (nSPS) is 17.3. The molecule has 0 aromatic heterocycles. The van der Waals surface area contributed by atoms with Crippen LogP contribution in [0.2, 0.25) is 0 Å². The molecule has 0 fully saturated rings. The zero-order valence-corrected chi connectivity index (χ0v) is 8.51. The van der Waals surface area contributed by atoms with Gasteiger partial charge in [0.1, 0.15) is 0 Å². The van der Waals surface area contributed by atoms with Crippen molar-refractivity contribution in [1.29, 1.82) is 0 Å². The highest BCUT2D eigenvalue weighted by atomic mass is 32.1. The van der Waals surface area contributed by atoms with Crippen molar-refractivity contribution in [2.75, 3.05) is 5.75 Å². The van der Waals surface area contributed by atoms with Crippen LogP contribution in [0.25, 0.3) is 6.08 Å². The zero-order valence-electron chi connectivity index (χ0n) is 7.61. The van der Waals surface area contributed by atoms with E-state index in [4.69, 9.17) is 0 Å². The first-order chi connectivity index (χ1) is 7.11. The molecule has 5 heteroatoms. The molecule has 0 bridgehead atoms. The number of ether oxygens (including phenoxy) is 2. The van der Waals surface area contributed by atoms with E-state index in [0.29, 0.717) is 5.75 Å². The third kappa shape index (κ3) is 2.23. The molecule has 0 saturated carbocycles. The molecule has 0 aliphatic carbocycles. The van der Waals surface area contributed by atoms with E-state index in [2.05, 4.69) is 22.1 Å². The van der Waals surface area contributed by atoms with E-state index < -0.39 is 6.29 Å². The van der Waals surface area contributed by atoms with Crippen LogP contribution in [-0.4, -0.2) is 12.0 Å². The molecule has 0 N–H and O–H groups in total. The molecular formula is C10H8F2O2S. The van der Waals surface area contributed by atoms with Crippen molar-refractivity contribution >= 4 is 18.7 Å². The summed E-state index contributed by atoms with van der Waals surface area (Å²) in [5, 5.41) is 0. The van der Waals surface area contributed by atoms with E-state index in [1.807, 2.05) is 0 Å². The Morgan fingerprint density at radius 2 is 2.00 bits per heavy atom.